The number of hydrogen-bond donors (Lipinski definition) is 2. The third-order valence-electron chi connectivity index (χ3n) is 3.81. The van der Waals surface area contributed by atoms with Crippen molar-refractivity contribution in [3.8, 4) is 0 Å². The largest absolute Gasteiger partial charge is 0.462 e. The van der Waals surface area contributed by atoms with E-state index in [0.29, 0.717) is 23.6 Å². The molecule has 0 aliphatic heterocycles. The molecule has 0 saturated carbocycles. The molecular weight excluding hydrogens is 392 g/mol. The molecule has 2 aromatic heterocycles. The molecule has 3 aromatic rings. The lowest BCUT2D eigenvalue weighted by Crippen LogP contribution is -2.10. The van der Waals surface area contributed by atoms with Crippen LogP contribution in [0.3, 0.4) is 0 Å². The van der Waals surface area contributed by atoms with Gasteiger partial charge in [-0.25, -0.2) is 14.8 Å². The summed E-state index contributed by atoms with van der Waals surface area (Å²) in [5.41, 5.74) is 0.515. The number of aromatic nitrogens is 3. The summed E-state index contributed by atoms with van der Waals surface area (Å²) in [5.74, 6) is 0.562. The zero-order chi connectivity index (χ0) is 21.7. The van der Waals surface area contributed by atoms with Gasteiger partial charge < -0.3 is 19.9 Å². The van der Waals surface area contributed by atoms with Crippen LogP contribution in [0.2, 0.25) is 0 Å². The fourth-order valence-electron chi connectivity index (χ4n) is 2.43. The monoisotopic (exact) mass is 412 g/mol. The Morgan fingerprint density at radius 2 is 1.87 bits per heavy atom. The summed E-state index contributed by atoms with van der Waals surface area (Å²) in [5, 5.41) is 21.0. The highest BCUT2D eigenvalue weighted by molar-refractivity contribution is 5.90. The Balaban J connectivity index is 1.80. The normalized spacial score (nSPS) is 10.7. The number of ether oxygens (including phenoxy) is 1. The van der Waals surface area contributed by atoms with E-state index in [2.05, 4.69) is 25.8 Å². The Morgan fingerprint density at radius 3 is 2.43 bits per heavy atom. The van der Waals surface area contributed by atoms with Crippen LogP contribution in [-0.4, -0.2) is 32.6 Å². The topological polar surface area (TPSA) is 145 Å². The van der Waals surface area contributed by atoms with E-state index in [1.165, 1.54) is 6.33 Å². The first kappa shape index (κ1) is 20.7. The number of nitrogens with one attached hydrogen (secondary N) is 2. The summed E-state index contributed by atoms with van der Waals surface area (Å²) in [6.45, 7) is 5.91. The Morgan fingerprint density at radius 1 is 1.20 bits per heavy atom. The lowest BCUT2D eigenvalue weighted by Gasteiger charge is -2.10. The average Bonchev–Trinajstić information content (AvgIpc) is 3.11. The van der Waals surface area contributed by atoms with Gasteiger partial charge in [0, 0.05) is 11.8 Å². The number of benzene rings is 1. The molecule has 0 aliphatic rings. The summed E-state index contributed by atoms with van der Waals surface area (Å²) >= 11 is 0. The van der Waals surface area contributed by atoms with Gasteiger partial charge in [-0.05, 0) is 37.1 Å². The van der Waals surface area contributed by atoms with Crippen molar-refractivity contribution < 1.29 is 19.0 Å². The van der Waals surface area contributed by atoms with Crippen molar-refractivity contribution in [2.24, 2.45) is 5.92 Å². The van der Waals surface area contributed by atoms with E-state index in [-0.39, 0.29) is 29.1 Å². The van der Waals surface area contributed by atoms with Gasteiger partial charge in [-0.3, -0.25) is 10.1 Å². The van der Waals surface area contributed by atoms with Gasteiger partial charge in [0.25, 0.3) is 0 Å². The Bertz CT molecular complexity index is 1050. The van der Waals surface area contributed by atoms with Gasteiger partial charge in [0.1, 0.15) is 12.1 Å². The molecule has 1 aromatic carbocycles. The minimum absolute atomic E-state index is 0.0205. The van der Waals surface area contributed by atoms with E-state index in [9.17, 15) is 14.9 Å². The number of carbonyl (C=O) groups is 1. The van der Waals surface area contributed by atoms with E-state index < -0.39 is 10.9 Å². The van der Waals surface area contributed by atoms with Gasteiger partial charge in [0.05, 0.1) is 17.1 Å². The molecule has 2 N–H and O–H groups in total. The van der Waals surface area contributed by atoms with Crippen LogP contribution in [-0.2, 0) is 4.74 Å². The van der Waals surface area contributed by atoms with Crippen LogP contribution in [0.4, 0.5) is 28.8 Å². The first-order valence-corrected chi connectivity index (χ1v) is 9.07. The summed E-state index contributed by atoms with van der Waals surface area (Å²) in [6.07, 6.45) is 1.18. The van der Waals surface area contributed by atoms with E-state index in [4.69, 9.17) is 9.26 Å². The maximum Gasteiger partial charge on any atom is 0.353 e. The SMILES string of the molecule is Cc1cc(Nc2ncnc(Nc3ccc(C(=O)OCC(C)C)cc3)c2[N+](=O)[O-])no1. The third kappa shape index (κ3) is 5.07. The highest BCUT2D eigenvalue weighted by atomic mass is 16.6. The van der Waals surface area contributed by atoms with E-state index in [1.807, 2.05) is 13.8 Å². The van der Waals surface area contributed by atoms with Crippen LogP contribution >= 0.6 is 0 Å². The minimum atomic E-state index is -0.602. The zero-order valence-electron chi connectivity index (χ0n) is 16.6. The first-order chi connectivity index (χ1) is 14.3. The molecule has 0 fully saturated rings. The van der Waals surface area contributed by atoms with E-state index in [1.54, 1.807) is 37.3 Å². The number of esters is 1. The molecule has 2 heterocycles. The average molecular weight is 412 g/mol. The number of carbonyl (C=O) groups excluding carboxylic acids is 1. The minimum Gasteiger partial charge on any atom is -0.462 e. The second-order valence-corrected chi connectivity index (χ2v) is 6.82. The lowest BCUT2D eigenvalue weighted by molar-refractivity contribution is -0.383. The van der Waals surface area contributed by atoms with Gasteiger partial charge in [0.15, 0.2) is 5.82 Å². The summed E-state index contributed by atoms with van der Waals surface area (Å²) in [4.78, 5) is 30.9. The van der Waals surface area contributed by atoms with Gasteiger partial charge in [0.2, 0.25) is 11.6 Å². The first-order valence-electron chi connectivity index (χ1n) is 9.07. The molecule has 0 spiro atoms. The maximum atomic E-state index is 12.0. The van der Waals surface area contributed by atoms with Crippen LogP contribution in [0.5, 0.6) is 0 Å². The smallest absolute Gasteiger partial charge is 0.353 e. The maximum absolute atomic E-state index is 12.0. The standard InChI is InChI=1S/C19H20N6O5/c1-11(2)9-29-19(26)13-4-6-14(7-5-13)22-17-16(25(27)28)18(21-10-20-17)23-15-8-12(3)30-24-15/h4-8,10-11H,9H2,1-3H3,(H2,20,21,22,23,24). The number of aryl methyl sites for hydroxylation is 1. The van der Waals surface area contributed by atoms with Crippen LogP contribution in [0, 0.1) is 23.0 Å². The molecule has 0 unspecified atom stereocenters. The highest BCUT2D eigenvalue weighted by Gasteiger charge is 2.24. The van der Waals surface area contributed by atoms with Gasteiger partial charge >= 0.3 is 11.7 Å². The predicted octanol–water partition coefficient (Wildman–Crippen LogP) is 3.98. The van der Waals surface area contributed by atoms with Crippen molar-refractivity contribution in [2.75, 3.05) is 17.2 Å². The molecule has 0 saturated heterocycles. The summed E-state index contributed by atoms with van der Waals surface area (Å²) in [7, 11) is 0. The zero-order valence-corrected chi connectivity index (χ0v) is 16.6. The van der Waals surface area contributed by atoms with Crippen molar-refractivity contribution >= 4 is 34.8 Å². The van der Waals surface area contributed by atoms with Crippen molar-refractivity contribution in [3.63, 3.8) is 0 Å². The Kier molecular flexibility index (Phi) is 6.20. The van der Waals surface area contributed by atoms with Crippen LogP contribution < -0.4 is 10.6 Å². The second kappa shape index (κ2) is 8.99. The predicted molar refractivity (Wildman–Crippen MR) is 108 cm³/mol. The van der Waals surface area contributed by atoms with E-state index in [0.717, 1.165) is 0 Å². The Labute approximate surface area is 171 Å². The number of anilines is 4. The molecule has 156 valence electrons. The fourth-order valence-corrected chi connectivity index (χ4v) is 2.43. The molecule has 0 aliphatic carbocycles. The fraction of sp³-hybridized carbons (Fsp3) is 0.263. The quantitative estimate of drug-likeness (QED) is 0.316. The highest BCUT2D eigenvalue weighted by Crippen LogP contribution is 2.32. The molecule has 11 nitrogen and oxygen atoms in total. The van der Waals surface area contributed by atoms with Crippen LogP contribution in [0.1, 0.15) is 30.0 Å². The van der Waals surface area contributed by atoms with Crippen molar-refractivity contribution in [1.29, 1.82) is 0 Å². The second-order valence-electron chi connectivity index (χ2n) is 6.82. The van der Waals surface area contributed by atoms with Crippen molar-refractivity contribution in [3.05, 3.63) is 58.1 Å². The molecule has 11 heteroatoms. The molecule has 0 bridgehead atoms. The summed E-state index contributed by atoms with van der Waals surface area (Å²) in [6, 6.07) is 7.92. The third-order valence-corrected chi connectivity index (χ3v) is 3.81. The number of hydrogen-bond acceptors (Lipinski definition) is 10. The molecular formula is C19H20N6O5. The lowest BCUT2D eigenvalue weighted by atomic mass is 10.2. The number of nitrogens with zero attached hydrogens (tertiary/aromatic N) is 4. The van der Waals surface area contributed by atoms with Crippen LogP contribution in [0.25, 0.3) is 0 Å². The van der Waals surface area contributed by atoms with Crippen molar-refractivity contribution in [2.45, 2.75) is 20.8 Å². The molecule has 0 atom stereocenters. The Hall–Kier alpha value is -4.02. The number of rotatable bonds is 8. The molecule has 0 amide bonds. The van der Waals surface area contributed by atoms with Gasteiger partial charge in [-0.1, -0.05) is 19.0 Å². The number of nitro groups is 1. The van der Waals surface area contributed by atoms with E-state index >= 15 is 0 Å². The van der Waals surface area contributed by atoms with Gasteiger partial charge in [-0.15, -0.1) is 0 Å². The molecule has 30 heavy (non-hydrogen) atoms. The molecule has 3 rings (SSSR count). The molecule has 0 radical (unpaired) electrons. The van der Waals surface area contributed by atoms with Gasteiger partial charge in [-0.2, -0.15) is 0 Å². The van der Waals surface area contributed by atoms with Crippen molar-refractivity contribution in [1.82, 2.24) is 15.1 Å². The van der Waals surface area contributed by atoms with Crippen LogP contribution in [0.15, 0.2) is 41.2 Å². The summed E-state index contributed by atoms with van der Waals surface area (Å²) < 4.78 is 10.1.